The number of amides is 1. The van der Waals surface area contributed by atoms with Crippen molar-refractivity contribution in [3.05, 3.63) is 107 Å². The van der Waals surface area contributed by atoms with Crippen LogP contribution in [-0.2, 0) is 4.79 Å². The van der Waals surface area contributed by atoms with Gasteiger partial charge in [0.05, 0.1) is 0 Å². The Balaban J connectivity index is 2.00. The molecule has 2 N–H and O–H groups in total. The van der Waals surface area contributed by atoms with Crippen LogP contribution in [0, 0.1) is 11.6 Å². The van der Waals surface area contributed by atoms with Crippen LogP contribution in [0.3, 0.4) is 0 Å². The summed E-state index contributed by atoms with van der Waals surface area (Å²) in [6, 6.07) is 18.8. The molecule has 6 heteroatoms. The van der Waals surface area contributed by atoms with Crippen molar-refractivity contribution >= 4 is 11.9 Å². The topological polar surface area (TPSA) is 66.4 Å². The highest BCUT2D eigenvalue weighted by molar-refractivity contribution is 5.97. The largest absolute Gasteiger partial charge is 0.480 e. The van der Waals surface area contributed by atoms with Crippen molar-refractivity contribution in [2.75, 3.05) is 0 Å². The fourth-order valence-corrected chi connectivity index (χ4v) is 3.10. The lowest BCUT2D eigenvalue weighted by atomic mass is 9.85. The molecule has 4 nitrogen and oxygen atoms in total. The van der Waals surface area contributed by atoms with Crippen LogP contribution < -0.4 is 5.32 Å². The fraction of sp³-hybridized carbons (Fsp3) is 0.0909. The average Bonchev–Trinajstić information content (AvgIpc) is 2.68. The van der Waals surface area contributed by atoms with E-state index in [0.29, 0.717) is 17.2 Å². The van der Waals surface area contributed by atoms with Gasteiger partial charge in [-0.15, -0.1) is 0 Å². The number of rotatable bonds is 6. The summed E-state index contributed by atoms with van der Waals surface area (Å²) in [5, 5.41) is 12.2. The Morgan fingerprint density at radius 1 is 0.786 bits per heavy atom. The third-order valence-corrected chi connectivity index (χ3v) is 4.33. The number of hydrogen-bond donors (Lipinski definition) is 2. The number of carboxylic acid groups (broad SMARTS) is 1. The molecule has 28 heavy (non-hydrogen) atoms. The molecule has 0 aliphatic rings. The number of benzene rings is 3. The summed E-state index contributed by atoms with van der Waals surface area (Å²) in [5.74, 6) is -4.66. The summed E-state index contributed by atoms with van der Waals surface area (Å²) in [4.78, 5) is 24.5. The van der Waals surface area contributed by atoms with E-state index in [1.807, 2.05) is 0 Å². The molecular formula is C22H17F2NO3. The molecule has 0 fully saturated rings. The molecular weight excluding hydrogens is 364 g/mol. The Morgan fingerprint density at radius 3 is 1.68 bits per heavy atom. The summed E-state index contributed by atoms with van der Waals surface area (Å²) in [7, 11) is 0. The van der Waals surface area contributed by atoms with Crippen molar-refractivity contribution < 1.29 is 23.5 Å². The predicted octanol–water partition coefficient (Wildman–Crippen LogP) is 3.98. The Kier molecular flexibility index (Phi) is 5.79. The zero-order chi connectivity index (χ0) is 20.1. The summed E-state index contributed by atoms with van der Waals surface area (Å²) < 4.78 is 26.9. The van der Waals surface area contributed by atoms with Crippen molar-refractivity contribution in [3.8, 4) is 0 Å². The van der Waals surface area contributed by atoms with E-state index >= 15 is 0 Å². The highest BCUT2D eigenvalue weighted by atomic mass is 19.1. The number of nitrogens with one attached hydrogen (secondary N) is 1. The highest BCUT2D eigenvalue weighted by Gasteiger charge is 2.32. The van der Waals surface area contributed by atoms with Gasteiger partial charge >= 0.3 is 5.97 Å². The first-order valence-electron chi connectivity index (χ1n) is 8.55. The molecule has 0 unspecified atom stereocenters. The second-order valence-corrected chi connectivity index (χ2v) is 6.25. The lowest BCUT2D eigenvalue weighted by molar-refractivity contribution is -0.139. The number of aliphatic carboxylic acids is 1. The van der Waals surface area contributed by atoms with Gasteiger partial charge in [-0.05, 0) is 23.3 Å². The molecule has 1 atom stereocenters. The van der Waals surface area contributed by atoms with E-state index in [0.717, 1.165) is 12.1 Å². The zero-order valence-electron chi connectivity index (χ0n) is 14.7. The zero-order valence-corrected chi connectivity index (χ0v) is 14.7. The minimum atomic E-state index is -1.34. The quantitative estimate of drug-likeness (QED) is 0.679. The molecule has 3 aromatic carbocycles. The van der Waals surface area contributed by atoms with Gasteiger partial charge in [0.1, 0.15) is 17.7 Å². The van der Waals surface area contributed by atoms with E-state index in [1.54, 1.807) is 60.7 Å². The first-order valence-corrected chi connectivity index (χ1v) is 8.55. The fourth-order valence-electron chi connectivity index (χ4n) is 3.10. The van der Waals surface area contributed by atoms with Crippen LogP contribution in [0.15, 0.2) is 78.9 Å². The smallest absolute Gasteiger partial charge is 0.327 e. The van der Waals surface area contributed by atoms with Gasteiger partial charge < -0.3 is 10.4 Å². The number of carbonyl (C=O) groups excluding carboxylic acids is 1. The molecule has 3 rings (SSSR count). The highest BCUT2D eigenvalue weighted by Crippen LogP contribution is 2.28. The van der Waals surface area contributed by atoms with E-state index in [9.17, 15) is 23.5 Å². The monoisotopic (exact) mass is 381 g/mol. The molecule has 142 valence electrons. The van der Waals surface area contributed by atoms with Crippen LogP contribution in [0.5, 0.6) is 0 Å². The van der Waals surface area contributed by atoms with Crippen LogP contribution in [0.1, 0.15) is 27.4 Å². The molecule has 0 spiro atoms. The SMILES string of the molecule is O=C(N[C@@H](C(=O)O)C(c1ccccc1)c1ccccc1)c1cc(F)cc(F)c1. The number of carboxylic acids is 1. The molecule has 0 aromatic heterocycles. The summed E-state index contributed by atoms with van der Waals surface area (Å²) >= 11 is 0. The van der Waals surface area contributed by atoms with Gasteiger partial charge in [-0.3, -0.25) is 4.79 Å². The number of halogens is 2. The Bertz CT molecular complexity index is 918. The minimum Gasteiger partial charge on any atom is -0.480 e. The van der Waals surface area contributed by atoms with Crippen molar-refractivity contribution in [1.82, 2.24) is 5.32 Å². The van der Waals surface area contributed by atoms with Gasteiger partial charge in [-0.1, -0.05) is 60.7 Å². The van der Waals surface area contributed by atoms with Crippen LogP contribution in [0.2, 0.25) is 0 Å². The second-order valence-electron chi connectivity index (χ2n) is 6.25. The van der Waals surface area contributed by atoms with Crippen molar-refractivity contribution in [2.24, 2.45) is 0 Å². The van der Waals surface area contributed by atoms with Crippen LogP contribution in [0.25, 0.3) is 0 Å². The minimum absolute atomic E-state index is 0.288. The summed E-state index contributed by atoms with van der Waals surface area (Å²) in [6.45, 7) is 0. The molecule has 1 amide bonds. The van der Waals surface area contributed by atoms with E-state index in [4.69, 9.17) is 0 Å². The molecule has 0 heterocycles. The molecule has 0 saturated heterocycles. The summed E-state index contributed by atoms with van der Waals surface area (Å²) in [6.07, 6.45) is 0. The van der Waals surface area contributed by atoms with Crippen molar-refractivity contribution in [2.45, 2.75) is 12.0 Å². The van der Waals surface area contributed by atoms with Gasteiger partial charge in [0.25, 0.3) is 5.91 Å². The lowest BCUT2D eigenvalue weighted by Gasteiger charge is -2.26. The Hall–Kier alpha value is -3.54. The van der Waals surface area contributed by atoms with E-state index in [2.05, 4.69) is 5.32 Å². The lowest BCUT2D eigenvalue weighted by Crippen LogP contribution is -2.45. The molecule has 0 radical (unpaired) electrons. The molecule has 0 aliphatic heterocycles. The van der Waals surface area contributed by atoms with Gasteiger partial charge in [-0.25, -0.2) is 13.6 Å². The normalized spacial score (nSPS) is 11.8. The maximum atomic E-state index is 13.4. The molecule has 3 aromatic rings. The van der Waals surface area contributed by atoms with E-state index in [-0.39, 0.29) is 5.56 Å². The number of hydrogen-bond acceptors (Lipinski definition) is 2. The first kappa shape index (κ1) is 19.2. The average molecular weight is 381 g/mol. The third kappa shape index (κ3) is 4.40. The standard InChI is InChI=1S/C22H17F2NO3/c23-17-11-16(12-18(24)13-17)21(26)25-20(22(27)28)19(14-7-3-1-4-8-14)15-9-5-2-6-10-15/h1-13,19-20H,(H,25,26)(H,27,28)/t20-/m1/s1. The van der Waals surface area contributed by atoms with Gasteiger partial charge in [0, 0.05) is 17.5 Å². The van der Waals surface area contributed by atoms with Crippen molar-refractivity contribution in [3.63, 3.8) is 0 Å². The van der Waals surface area contributed by atoms with Crippen LogP contribution in [-0.4, -0.2) is 23.0 Å². The van der Waals surface area contributed by atoms with E-state index in [1.165, 1.54) is 0 Å². The summed E-state index contributed by atoms with van der Waals surface area (Å²) in [5.41, 5.74) is 1.09. The Labute approximate surface area is 160 Å². The van der Waals surface area contributed by atoms with Crippen LogP contribution >= 0.6 is 0 Å². The van der Waals surface area contributed by atoms with E-state index < -0.39 is 35.5 Å². The predicted molar refractivity (Wildman–Crippen MR) is 100.0 cm³/mol. The first-order chi connectivity index (χ1) is 13.5. The maximum Gasteiger partial charge on any atom is 0.327 e. The van der Waals surface area contributed by atoms with Crippen LogP contribution in [0.4, 0.5) is 8.78 Å². The number of carbonyl (C=O) groups is 2. The maximum absolute atomic E-state index is 13.4. The van der Waals surface area contributed by atoms with Gasteiger partial charge in [0.2, 0.25) is 0 Å². The Morgan fingerprint density at radius 2 is 1.25 bits per heavy atom. The van der Waals surface area contributed by atoms with Gasteiger partial charge in [0.15, 0.2) is 0 Å². The van der Waals surface area contributed by atoms with Gasteiger partial charge in [-0.2, -0.15) is 0 Å². The van der Waals surface area contributed by atoms with Crippen molar-refractivity contribution in [1.29, 1.82) is 0 Å². The molecule has 0 saturated carbocycles. The third-order valence-electron chi connectivity index (χ3n) is 4.33. The second kappa shape index (κ2) is 8.43. The molecule has 0 aliphatic carbocycles. The molecule has 0 bridgehead atoms.